The number of carbonyl (C=O) groups is 1. The molecule has 0 aliphatic carbocycles. The number of hydrogen-bond donors (Lipinski definition) is 2. The summed E-state index contributed by atoms with van der Waals surface area (Å²) in [6, 6.07) is 3.98. The molecule has 1 saturated heterocycles. The molecule has 1 aliphatic heterocycles. The van der Waals surface area contributed by atoms with E-state index in [1.165, 1.54) is 13.2 Å². The highest BCUT2D eigenvalue weighted by Crippen LogP contribution is 2.21. The van der Waals surface area contributed by atoms with Gasteiger partial charge in [-0.25, -0.2) is 4.39 Å². The molecule has 3 atom stereocenters. The quantitative estimate of drug-likeness (QED) is 0.883. The molecule has 7 heteroatoms. The van der Waals surface area contributed by atoms with E-state index in [1.807, 2.05) is 13.8 Å². The van der Waals surface area contributed by atoms with Crippen LogP contribution in [0, 0.1) is 5.82 Å². The first-order chi connectivity index (χ1) is 10.0. The summed E-state index contributed by atoms with van der Waals surface area (Å²) >= 11 is 0. The first kappa shape index (κ1) is 18.7. The molecule has 0 bridgehead atoms. The highest BCUT2D eigenvalue weighted by atomic mass is 35.5. The van der Waals surface area contributed by atoms with Crippen LogP contribution in [0.4, 0.5) is 4.39 Å². The number of benzene rings is 1. The van der Waals surface area contributed by atoms with Crippen LogP contribution in [0.15, 0.2) is 18.2 Å². The van der Waals surface area contributed by atoms with Crippen LogP contribution in [0.2, 0.25) is 0 Å². The second-order valence-electron chi connectivity index (χ2n) is 5.13. The molecule has 1 aliphatic rings. The van der Waals surface area contributed by atoms with Gasteiger partial charge >= 0.3 is 0 Å². The molecular formula is C15H22ClFN2O3. The Kier molecular flexibility index (Phi) is 7.06. The minimum atomic E-state index is -0.441. The molecular weight excluding hydrogens is 311 g/mol. The molecule has 0 saturated carbocycles. The minimum absolute atomic E-state index is 0. The lowest BCUT2D eigenvalue weighted by molar-refractivity contribution is -0.129. The third-order valence-electron chi connectivity index (χ3n) is 3.63. The Labute approximate surface area is 136 Å². The van der Waals surface area contributed by atoms with Crippen molar-refractivity contribution in [3.63, 3.8) is 0 Å². The summed E-state index contributed by atoms with van der Waals surface area (Å²) in [5.41, 5.74) is 0.686. The molecule has 1 amide bonds. The summed E-state index contributed by atoms with van der Waals surface area (Å²) in [6.07, 6.45) is -0.182. The zero-order valence-electron chi connectivity index (χ0n) is 12.9. The van der Waals surface area contributed by atoms with Gasteiger partial charge < -0.3 is 20.1 Å². The second-order valence-corrected chi connectivity index (χ2v) is 5.13. The summed E-state index contributed by atoms with van der Waals surface area (Å²) in [5, 5.41) is 6.00. The fourth-order valence-electron chi connectivity index (χ4n) is 2.37. The van der Waals surface area contributed by atoms with Gasteiger partial charge in [0, 0.05) is 6.54 Å². The van der Waals surface area contributed by atoms with Gasteiger partial charge in [-0.1, -0.05) is 6.07 Å². The maximum absolute atomic E-state index is 13.7. The SMILES string of the molecule is COc1ccc(C(C)NC(=O)[C@H]2NCCO[C@@H]2C)cc1F.Cl. The Morgan fingerprint density at radius 2 is 2.27 bits per heavy atom. The lowest BCUT2D eigenvalue weighted by Gasteiger charge is -2.30. The van der Waals surface area contributed by atoms with E-state index < -0.39 is 5.82 Å². The van der Waals surface area contributed by atoms with Crippen LogP contribution in [0.3, 0.4) is 0 Å². The average molecular weight is 333 g/mol. The first-order valence-corrected chi connectivity index (χ1v) is 7.01. The van der Waals surface area contributed by atoms with Gasteiger partial charge in [0.05, 0.1) is 25.9 Å². The zero-order valence-corrected chi connectivity index (χ0v) is 13.7. The van der Waals surface area contributed by atoms with Crippen LogP contribution in [-0.2, 0) is 9.53 Å². The summed E-state index contributed by atoms with van der Waals surface area (Å²) in [4.78, 5) is 12.2. The standard InChI is InChI=1S/C15H21FN2O3.ClH/c1-9(11-4-5-13(20-3)12(16)8-11)18-15(19)14-10(2)21-7-6-17-14;/h4-5,8-10,14,17H,6-7H2,1-3H3,(H,18,19);1H/t9?,10-,14+;/m1./s1. The number of carbonyl (C=O) groups excluding carboxylic acids is 1. The number of nitrogens with one attached hydrogen (secondary N) is 2. The monoisotopic (exact) mass is 332 g/mol. The average Bonchev–Trinajstić information content (AvgIpc) is 2.47. The fourth-order valence-corrected chi connectivity index (χ4v) is 2.37. The zero-order chi connectivity index (χ0) is 15.4. The van der Waals surface area contributed by atoms with E-state index in [0.717, 1.165) is 0 Å². The van der Waals surface area contributed by atoms with Gasteiger partial charge in [-0.15, -0.1) is 12.4 Å². The van der Waals surface area contributed by atoms with E-state index in [9.17, 15) is 9.18 Å². The van der Waals surface area contributed by atoms with Gasteiger partial charge in [0.15, 0.2) is 11.6 Å². The molecule has 22 heavy (non-hydrogen) atoms. The third kappa shape index (κ3) is 4.32. The van der Waals surface area contributed by atoms with Gasteiger partial charge in [0.25, 0.3) is 0 Å². The maximum atomic E-state index is 13.7. The van der Waals surface area contributed by atoms with Crippen LogP contribution in [0.5, 0.6) is 5.75 Å². The van der Waals surface area contributed by atoms with Crippen molar-refractivity contribution in [1.82, 2.24) is 10.6 Å². The van der Waals surface area contributed by atoms with Crippen molar-refractivity contribution in [2.75, 3.05) is 20.3 Å². The van der Waals surface area contributed by atoms with E-state index >= 15 is 0 Å². The molecule has 0 spiro atoms. The number of halogens is 2. The van der Waals surface area contributed by atoms with E-state index in [0.29, 0.717) is 18.7 Å². The summed E-state index contributed by atoms with van der Waals surface area (Å²) in [7, 11) is 1.42. The Balaban J connectivity index is 0.00000242. The Morgan fingerprint density at radius 1 is 1.55 bits per heavy atom. The molecule has 0 radical (unpaired) electrons. The Bertz CT molecular complexity index is 516. The Morgan fingerprint density at radius 3 is 2.86 bits per heavy atom. The van der Waals surface area contributed by atoms with Crippen LogP contribution >= 0.6 is 12.4 Å². The molecule has 1 heterocycles. The molecule has 1 aromatic carbocycles. The molecule has 2 rings (SSSR count). The van der Waals surface area contributed by atoms with Gasteiger partial charge in [-0.3, -0.25) is 4.79 Å². The lowest BCUT2D eigenvalue weighted by Crippen LogP contribution is -2.55. The lowest BCUT2D eigenvalue weighted by atomic mass is 10.1. The molecule has 1 fully saturated rings. The van der Waals surface area contributed by atoms with Crippen LogP contribution in [0.1, 0.15) is 25.5 Å². The summed E-state index contributed by atoms with van der Waals surface area (Å²) in [5.74, 6) is -0.400. The van der Waals surface area contributed by atoms with Gasteiger partial charge in [0.1, 0.15) is 6.04 Å². The smallest absolute Gasteiger partial charge is 0.240 e. The molecule has 2 N–H and O–H groups in total. The number of morpholine rings is 1. The second kappa shape index (κ2) is 8.31. The van der Waals surface area contributed by atoms with E-state index in [-0.39, 0.29) is 42.3 Å². The van der Waals surface area contributed by atoms with Crippen LogP contribution in [-0.4, -0.2) is 38.3 Å². The molecule has 124 valence electrons. The number of hydrogen-bond acceptors (Lipinski definition) is 4. The molecule has 0 aromatic heterocycles. The molecule has 5 nitrogen and oxygen atoms in total. The summed E-state index contributed by atoms with van der Waals surface area (Å²) < 4.78 is 24.0. The van der Waals surface area contributed by atoms with Crippen molar-refractivity contribution in [2.45, 2.75) is 32.0 Å². The van der Waals surface area contributed by atoms with E-state index in [2.05, 4.69) is 10.6 Å². The number of methoxy groups -OCH3 is 1. The van der Waals surface area contributed by atoms with Gasteiger partial charge in [0.2, 0.25) is 5.91 Å². The fraction of sp³-hybridized carbons (Fsp3) is 0.533. The van der Waals surface area contributed by atoms with Crippen molar-refractivity contribution < 1.29 is 18.7 Å². The number of ether oxygens (including phenoxy) is 2. The van der Waals surface area contributed by atoms with Crippen molar-refractivity contribution in [3.8, 4) is 5.75 Å². The van der Waals surface area contributed by atoms with Crippen molar-refractivity contribution in [2.24, 2.45) is 0 Å². The van der Waals surface area contributed by atoms with Crippen LogP contribution < -0.4 is 15.4 Å². The number of rotatable bonds is 4. The van der Waals surface area contributed by atoms with Gasteiger partial charge in [-0.05, 0) is 31.5 Å². The predicted molar refractivity (Wildman–Crippen MR) is 84.0 cm³/mol. The van der Waals surface area contributed by atoms with E-state index in [4.69, 9.17) is 9.47 Å². The highest BCUT2D eigenvalue weighted by Gasteiger charge is 2.29. The topological polar surface area (TPSA) is 59.6 Å². The molecule has 1 aromatic rings. The minimum Gasteiger partial charge on any atom is -0.494 e. The van der Waals surface area contributed by atoms with Crippen molar-refractivity contribution in [1.29, 1.82) is 0 Å². The van der Waals surface area contributed by atoms with Gasteiger partial charge in [-0.2, -0.15) is 0 Å². The highest BCUT2D eigenvalue weighted by molar-refractivity contribution is 5.85. The third-order valence-corrected chi connectivity index (χ3v) is 3.63. The normalized spacial score (nSPS) is 22.4. The van der Waals surface area contributed by atoms with Crippen molar-refractivity contribution >= 4 is 18.3 Å². The van der Waals surface area contributed by atoms with Crippen molar-refractivity contribution in [3.05, 3.63) is 29.6 Å². The first-order valence-electron chi connectivity index (χ1n) is 7.01. The Hall–Kier alpha value is -1.37. The summed E-state index contributed by atoms with van der Waals surface area (Å²) in [6.45, 7) is 4.92. The van der Waals surface area contributed by atoms with E-state index in [1.54, 1.807) is 12.1 Å². The maximum Gasteiger partial charge on any atom is 0.240 e. The molecule has 1 unspecified atom stereocenters. The van der Waals surface area contributed by atoms with Crippen LogP contribution in [0.25, 0.3) is 0 Å². The largest absolute Gasteiger partial charge is 0.494 e. The predicted octanol–water partition coefficient (Wildman–Crippen LogP) is 1.81. The number of amides is 1.